The highest BCUT2D eigenvalue weighted by Gasteiger charge is 2.03. The highest BCUT2D eigenvalue weighted by Crippen LogP contribution is 2.10. The van der Waals surface area contributed by atoms with Crippen LogP contribution in [-0.4, -0.2) is 14.3 Å². The Kier molecular flexibility index (Phi) is 2.99. The van der Waals surface area contributed by atoms with Crippen LogP contribution in [0.1, 0.15) is 18.3 Å². The second-order valence-electron chi connectivity index (χ2n) is 3.95. The minimum Gasteiger partial charge on any atom is -0.363 e. The molecule has 0 fully saturated rings. The Morgan fingerprint density at radius 2 is 2.25 bits per heavy atom. The van der Waals surface area contributed by atoms with Gasteiger partial charge in [0.15, 0.2) is 0 Å². The molecule has 16 heavy (non-hydrogen) atoms. The summed E-state index contributed by atoms with van der Waals surface area (Å²) in [5.74, 6) is 0.945. The maximum absolute atomic E-state index is 4.45. The fourth-order valence-corrected chi connectivity index (χ4v) is 1.78. The Labute approximate surface area is 95.9 Å². The maximum atomic E-state index is 4.45. The summed E-state index contributed by atoms with van der Waals surface area (Å²) >= 11 is 0. The van der Waals surface area contributed by atoms with E-state index in [9.17, 15) is 0 Å². The first-order valence-electron chi connectivity index (χ1n) is 5.59. The molecule has 2 heterocycles. The van der Waals surface area contributed by atoms with Crippen molar-refractivity contribution in [2.75, 3.05) is 5.32 Å². The first-order chi connectivity index (χ1) is 7.70. The van der Waals surface area contributed by atoms with Gasteiger partial charge in [0.2, 0.25) is 0 Å². The highest BCUT2D eigenvalue weighted by molar-refractivity contribution is 5.36. The minimum absolute atomic E-state index is 0.809. The Morgan fingerprint density at radius 3 is 2.81 bits per heavy atom. The summed E-state index contributed by atoms with van der Waals surface area (Å²) in [6, 6.07) is 6.23. The molecule has 0 bridgehead atoms. The van der Waals surface area contributed by atoms with Crippen LogP contribution < -0.4 is 5.32 Å². The van der Waals surface area contributed by atoms with Crippen LogP contribution in [0, 0.1) is 6.92 Å². The number of anilines is 1. The molecular weight excluding hydrogens is 200 g/mol. The summed E-state index contributed by atoms with van der Waals surface area (Å²) in [5, 5.41) is 7.78. The molecule has 2 rings (SSSR count). The first-order valence-corrected chi connectivity index (χ1v) is 5.59. The zero-order valence-corrected chi connectivity index (χ0v) is 10.1. The zero-order valence-electron chi connectivity index (χ0n) is 10.1. The van der Waals surface area contributed by atoms with Crippen molar-refractivity contribution in [2.24, 2.45) is 7.05 Å². The molecule has 2 aromatic heterocycles. The van der Waals surface area contributed by atoms with Gasteiger partial charge in [0.1, 0.15) is 5.82 Å². The van der Waals surface area contributed by atoms with Crippen LogP contribution in [0.4, 0.5) is 5.82 Å². The molecule has 0 aromatic carbocycles. The van der Waals surface area contributed by atoms with Crippen LogP contribution in [0.25, 0.3) is 0 Å². The van der Waals surface area contributed by atoms with Gasteiger partial charge in [-0.15, -0.1) is 0 Å². The van der Waals surface area contributed by atoms with E-state index in [2.05, 4.69) is 41.0 Å². The van der Waals surface area contributed by atoms with Crippen LogP contribution in [-0.2, 0) is 20.1 Å². The molecule has 0 radical (unpaired) electrons. The molecule has 0 amide bonds. The van der Waals surface area contributed by atoms with Gasteiger partial charge in [-0.25, -0.2) is 0 Å². The van der Waals surface area contributed by atoms with E-state index in [0.29, 0.717) is 0 Å². The standard InChI is InChI=1S/C12H18N4/c1-4-16-10(2)8-12(14-16)13-9-11-6-5-7-15(11)3/h5-8H,4,9H2,1-3H3,(H,13,14). The van der Waals surface area contributed by atoms with E-state index in [-0.39, 0.29) is 0 Å². The summed E-state index contributed by atoms with van der Waals surface area (Å²) in [4.78, 5) is 0. The fourth-order valence-electron chi connectivity index (χ4n) is 1.78. The zero-order chi connectivity index (χ0) is 11.5. The number of aromatic nitrogens is 3. The van der Waals surface area contributed by atoms with E-state index >= 15 is 0 Å². The Balaban J connectivity index is 2.02. The van der Waals surface area contributed by atoms with Crippen molar-refractivity contribution in [3.8, 4) is 0 Å². The summed E-state index contributed by atoms with van der Waals surface area (Å²) < 4.78 is 4.10. The Bertz CT molecular complexity index is 467. The maximum Gasteiger partial charge on any atom is 0.148 e. The lowest BCUT2D eigenvalue weighted by molar-refractivity contribution is 0.641. The lowest BCUT2D eigenvalue weighted by Crippen LogP contribution is -2.05. The molecule has 0 aliphatic rings. The topological polar surface area (TPSA) is 34.8 Å². The van der Waals surface area contributed by atoms with Crippen molar-refractivity contribution in [1.82, 2.24) is 14.3 Å². The fraction of sp³-hybridized carbons (Fsp3) is 0.417. The Hall–Kier alpha value is -1.71. The van der Waals surface area contributed by atoms with E-state index in [1.165, 1.54) is 11.4 Å². The van der Waals surface area contributed by atoms with Crippen LogP contribution in [0.15, 0.2) is 24.4 Å². The predicted molar refractivity (Wildman–Crippen MR) is 65.4 cm³/mol. The first kappa shape index (κ1) is 10.8. The van der Waals surface area contributed by atoms with Crippen molar-refractivity contribution in [1.29, 1.82) is 0 Å². The summed E-state index contributed by atoms with van der Waals surface area (Å²) in [5.41, 5.74) is 2.44. The van der Waals surface area contributed by atoms with Crippen LogP contribution in [0.3, 0.4) is 0 Å². The third kappa shape index (κ3) is 2.10. The van der Waals surface area contributed by atoms with E-state index in [1.807, 2.05) is 24.0 Å². The molecule has 0 atom stereocenters. The second-order valence-corrected chi connectivity index (χ2v) is 3.95. The number of aryl methyl sites for hydroxylation is 3. The van der Waals surface area contributed by atoms with Gasteiger partial charge in [0.25, 0.3) is 0 Å². The lowest BCUT2D eigenvalue weighted by Gasteiger charge is -2.04. The van der Waals surface area contributed by atoms with Gasteiger partial charge in [0, 0.05) is 37.2 Å². The summed E-state index contributed by atoms with van der Waals surface area (Å²) in [6.45, 7) is 5.90. The number of nitrogens with one attached hydrogen (secondary N) is 1. The number of nitrogens with zero attached hydrogens (tertiary/aromatic N) is 3. The van der Waals surface area contributed by atoms with Crippen LogP contribution >= 0.6 is 0 Å². The molecule has 0 unspecified atom stereocenters. The third-order valence-electron chi connectivity index (χ3n) is 2.78. The van der Waals surface area contributed by atoms with Gasteiger partial charge < -0.3 is 9.88 Å². The molecule has 0 saturated carbocycles. The van der Waals surface area contributed by atoms with E-state index in [1.54, 1.807) is 0 Å². The number of hydrogen-bond acceptors (Lipinski definition) is 2. The Morgan fingerprint density at radius 1 is 1.44 bits per heavy atom. The number of hydrogen-bond donors (Lipinski definition) is 1. The van der Waals surface area contributed by atoms with Gasteiger partial charge in [-0.05, 0) is 26.0 Å². The predicted octanol–water partition coefficient (Wildman–Crippen LogP) is 2.16. The van der Waals surface area contributed by atoms with Crippen molar-refractivity contribution in [3.05, 3.63) is 35.8 Å². The normalized spacial score (nSPS) is 10.7. The monoisotopic (exact) mass is 218 g/mol. The molecule has 1 N–H and O–H groups in total. The van der Waals surface area contributed by atoms with Gasteiger partial charge in [-0.3, -0.25) is 4.68 Å². The summed E-state index contributed by atoms with van der Waals surface area (Å²) in [7, 11) is 2.05. The van der Waals surface area contributed by atoms with E-state index < -0.39 is 0 Å². The van der Waals surface area contributed by atoms with Gasteiger partial charge in [-0.2, -0.15) is 5.10 Å². The van der Waals surface area contributed by atoms with Crippen molar-refractivity contribution in [2.45, 2.75) is 26.9 Å². The van der Waals surface area contributed by atoms with Crippen LogP contribution in [0.2, 0.25) is 0 Å². The van der Waals surface area contributed by atoms with Crippen molar-refractivity contribution >= 4 is 5.82 Å². The minimum atomic E-state index is 0.809. The molecule has 2 aromatic rings. The largest absolute Gasteiger partial charge is 0.363 e. The highest BCUT2D eigenvalue weighted by atomic mass is 15.3. The molecule has 0 aliphatic carbocycles. The third-order valence-corrected chi connectivity index (χ3v) is 2.78. The number of rotatable bonds is 4. The van der Waals surface area contributed by atoms with E-state index in [0.717, 1.165) is 18.9 Å². The molecule has 86 valence electrons. The van der Waals surface area contributed by atoms with Gasteiger partial charge in [0.05, 0.1) is 6.54 Å². The lowest BCUT2D eigenvalue weighted by atomic mass is 10.4. The molecule has 4 nitrogen and oxygen atoms in total. The molecule has 0 saturated heterocycles. The smallest absolute Gasteiger partial charge is 0.148 e. The van der Waals surface area contributed by atoms with E-state index in [4.69, 9.17) is 0 Å². The van der Waals surface area contributed by atoms with Crippen LogP contribution in [0.5, 0.6) is 0 Å². The van der Waals surface area contributed by atoms with Crippen molar-refractivity contribution < 1.29 is 0 Å². The quantitative estimate of drug-likeness (QED) is 0.853. The van der Waals surface area contributed by atoms with Crippen molar-refractivity contribution in [3.63, 3.8) is 0 Å². The average molecular weight is 218 g/mol. The molecule has 0 aliphatic heterocycles. The van der Waals surface area contributed by atoms with Gasteiger partial charge >= 0.3 is 0 Å². The van der Waals surface area contributed by atoms with Gasteiger partial charge in [-0.1, -0.05) is 0 Å². The molecule has 4 heteroatoms. The summed E-state index contributed by atoms with van der Waals surface area (Å²) in [6.07, 6.45) is 2.05. The molecular formula is C12H18N4. The second kappa shape index (κ2) is 4.43. The SMILES string of the molecule is CCn1nc(NCc2cccn2C)cc1C. The molecule has 0 spiro atoms. The average Bonchev–Trinajstić information content (AvgIpc) is 2.82.